The molecule has 9 nitrogen and oxygen atoms in total. The maximum absolute atomic E-state index is 12.5. The summed E-state index contributed by atoms with van der Waals surface area (Å²) in [4.78, 5) is 17.1. The van der Waals surface area contributed by atoms with Gasteiger partial charge in [-0.2, -0.15) is 10.2 Å². The van der Waals surface area contributed by atoms with E-state index in [1.807, 2.05) is 50.6 Å². The third-order valence-corrected chi connectivity index (χ3v) is 7.53. The van der Waals surface area contributed by atoms with E-state index in [2.05, 4.69) is 38.4 Å². The smallest absolute Gasteiger partial charge is 0.251 e. The first kappa shape index (κ1) is 24.5. The molecule has 198 valence electrons. The average molecular weight is 514 g/mol. The second kappa shape index (κ2) is 10.1. The van der Waals surface area contributed by atoms with Crippen molar-refractivity contribution in [1.82, 2.24) is 29.9 Å². The Morgan fingerprint density at radius 3 is 2.50 bits per heavy atom. The number of carbonyl (C=O) groups is 1. The molecule has 1 amide bonds. The van der Waals surface area contributed by atoms with Crippen molar-refractivity contribution in [2.75, 3.05) is 11.9 Å². The van der Waals surface area contributed by atoms with Crippen molar-refractivity contribution in [2.24, 2.45) is 7.05 Å². The molecule has 2 fully saturated rings. The van der Waals surface area contributed by atoms with Crippen LogP contribution in [0.5, 0.6) is 5.75 Å². The standard InChI is InChI=1S/C29H35N7O2/c1-4-30-27-15-25-24(16-31-27)28(19-5-7-20(8-6-19)29(37)32-21-9-10-21)34-36(25)22-11-13-23(14-12-22)38-26-17-35(3)33-18(26)2/h5-8,15-17,21-23H,4,9-14H2,1-3H3,(H,30,31)(H,32,37)/t22-,23+. The zero-order chi connectivity index (χ0) is 26.2. The van der Waals surface area contributed by atoms with Gasteiger partial charge in [0.25, 0.3) is 5.91 Å². The Hall–Kier alpha value is -3.88. The van der Waals surface area contributed by atoms with Crippen molar-refractivity contribution in [1.29, 1.82) is 0 Å². The zero-order valence-electron chi connectivity index (χ0n) is 22.3. The van der Waals surface area contributed by atoms with E-state index < -0.39 is 0 Å². The Bertz CT molecular complexity index is 1440. The molecule has 9 heteroatoms. The van der Waals surface area contributed by atoms with Gasteiger partial charge in [0, 0.05) is 48.4 Å². The van der Waals surface area contributed by atoms with E-state index in [0.717, 1.165) is 84.5 Å². The van der Waals surface area contributed by atoms with Crippen LogP contribution in [0, 0.1) is 6.92 Å². The highest BCUT2D eigenvalue weighted by molar-refractivity contribution is 5.97. The van der Waals surface area contributed by atoms with Crippen LogP contribution in [0.3, 0.4) is 0 Å². The number of carbonyl (C=O) groups excluding carboxylic acids is 1. The summed E-state index contributed by atoms with van der Waals surface area (Å²) in [6, 6.07) is 10.5. The van der Waals surface area contributed by atoms with Crippen molar-refractivity contribution in [2.45, 2.75) is 70.6 Å². The maximum atomic E-state index is 12.5. The first-order chi connectivity index (χ1) is 18.5. The van der Waals surface area contributed by atoms with Gasteiger partial charge in [-0.05, 0) is 64.5 Å². The Morgan fingerprint density at radius 1 is 1.08 bits per heavy atom. The second-order valence-electron chi connectivity index (χ2n) is 10.5. The minimum atomic E-state index is -0.00755. The molecule has 0 radical (unpaired) electrons. The monoisotopic (exact) mass is 513 g/mol. The Kier molecular flexibility index (Phi) is 6.51. The molecule has 2 aliphatic carbocycles. The number of benzene rings is 1. The molecular weight excluding hydrogens is 478 g/mol. The van der Waals surface area contributed by atoms with Crippen molar-refractivity contribution >= 4 is 22.6 Å². The molecule has 2 saturated carbocycles. The predicted octanol–water partition coefficient (Wildman–Crippen LogP) is 5.03. The van der Waals surface area contributed by atoms with Crippen LogP contribution in [-0.4, -0.2) is 49.1 Å². The lowest BCUT2D eigenvalue weighted by Crippen LogP contribution is -2.26. The molecule has 4 aromatic rings. The Labute approximate surface area is 222 Å². The van der Waals surface area contributed by atoms with E-state index in [9.17, 15) is 4.79 Å². The van der Waals surface area contributed by atoms with Gasteiger partial charge in [-0.15, -0.1) is 0 Å². The number of pyridine rings is 1. The summed E-state index contributed by atoms with van der Waals surface area (Å²) < 4.78 is 10.3. The number of aryl methyl sites for hydroxylation is 2. The SMILES string of the molecule is CCNc1cc2c(cn1)c(-c1ccc(C(=O)NC3CC3)cc1)nn2[C@H]1CC[C@@H](Oc2cn(C)nc2C)CC1. The number of nitrogens with zero attached hydrogens (tertiary/aromatic N) is 5. The summed E-state index contributed by atoms with van der Waals surface area (Å²) in [6.45, 7) is 4.86. The fourth-order valence-electron chi connectivity index (χ4n) is 5.36. The molecule has 1 aromatic carbocycles. The highest BCUT2D eigenvalue weighted by Crippen LogP contribution is 2.37. The summed E-state index contributed by atoms with van der Waals surface area (Å²) in [5.41, 5.74) is 4.57. The second-order valence-corrected chi connectivity index (χ2v) is 10.5. The van der Waals surface area contributed by atoms with E-state index in [-0.39, 0.29) is 18.1 Å². The largest absolute Gasteiger partial charge is 0.487 e. The first-order valence-corrected chi connectivity index (χ1v) is 13.7. The minimum Gasteiger partial charge on any atom is -0.487 e. The lowest BCUT2D eigenvalue weighted by atomic mass is 9.93. The van der Waals surface area contributed by atoms with Crippen LogP contribution in [0.2, 0.25) is 0 Å². The van der Waals surface area contributed by atoms with Crippen LogP contribution in [0.25, 0.3) is 22.2 Å². The summed E-state index contributed by atoms with van der Waals surface area (Å²) in [6.07, 6.45) is 10.1. The molecular formula is C29H35N7O2. The highest BCUT2D eigenvalue weighted by atomic mass is 16.5. The minimum absolute atomic E-state index is 0.00755. The molecule has 2 N–H and O–H groups in total. The molecule has 0 saturated heterocycles. The summed E-state index contributed by atoms with van der Waals surface area (Å²) >= 11 is 0. The van der Waals surface area contributed by atoms with Crippen LogP contribution in [-0.2, 0) is 7.05 Å². The Morgan fingerprint density at radius 2 is 1.84 bits per heavy atom. The van der Waals surface area contributed by atoms with Gasteiger partial charge in [-0.25, -0.2) is 4.98 Å². The molecule has 38 heavy (non-hydrogen) atoms. The molecule has 2 aliphatic rings. The summed E-state index contributed by atoms with van der Waals surface area (Å²) in [5, 5.41) is 17.0. The molecule has 0 aliphatic heterocycles. The third-order valence-electron chi connectivity index (χ3n) is 7.53. The number of anilines is 1. The Balaban J connectivity index is 1.25. The van der Waals surface area contributed by atoms with Gasteiger partial charge in [0.1, 0.15) is 17.2 Å². The molecule has 0 spiro atoms. The number of rotatable bonds is 8. The number of hydrogen-bond donors (Lipinski definition) is 2. The van der Waals surface area contributed by atoms with Crippen LogP contribution in [0.1, 0.15) is 67.5 Å². The maximum Gasteiger partial charge on any atom is 0.251 e. The zero-order valence-corrected chi connectivity index (χ0v) is 22.3. The lowest BCUT2D eigenvalue weighted by Gasteiger charge is -2.29. The van der Waals surface area contributed by atoms with Crippen LogP contribution >= 0.6 is 0 Å². The van der Waals surface area contributed by atoms with E-state index >= 15 is 0 Å². The molecule has 6 rings (SSSR count). The number of nitrogens with one attached hydrogen (secondary N) is 2. The lowest BCUT2D eigenvalue weighted by molar-refractivity contribution is 0.0951. The number of hydrogen-bond acceptors (Lipinski definition) is 6. The van der Waals surface area contributed by atoms with Gasteiger partial charge in [0.2, 0.25) is 0 Å². The fourth-order valence-corrected chi connectivity index (χ4v) is 5.36. The van der Waals surface area contributed by atoms with E-state index in [1.54, 1.807) is 4.68 Å². The van der Waals surface area contributed by atoms with Gasteiger partial charge in [0.15, 0.2) is 5.75 Å². The molecule has 0 bridgehead atoms. The third kappa shape index (κ3) is 4.97. The van der Waals surface area contributed by atoms with E-state index in [1.165, 1.54) is 0 Å². The summed E-state index contributed by atoms with van der Waals surface area (Å²) in [5.74, 6) is 1.72. The van der Waals surface area contributed by atoms with Gasteiger partial charge in [0.05, 0.1) is 23.9 Å². The van der Waals surface area contributed by atoms with Crippen molar-refractivity contribution < 1.29 is 9.53 Å². The van der Waals surface area contributed by atoms with Crippen molar-refractivity contribution in [3.05, 3.63) is 54.0 Å². The van der Waals surface area contributed by atoms with Gasteiger partial charge < -0.3 is 15.4 Å². The van der Waals surface area contributed by atoms with Crippen LogP contribution in [0.15, 0.2) is 42.7 Å². The number of ether oxygens (including phenoxy) is 1. The van der Waals surface area contributed by atoms with Gasteiger partial charge in [-0.3, -0.25) is 14.2 Å². The summed E-state index contributed by atoms with van der Waals surface area (Å²) in [7, 11) is 1.92. The van der Waals surface area contributed by atoms with Gasteiger partial charge in [-0.1, -0.05) is 12.1 Å². The number of aromatic nitrogens is 5. The van der Waals surface area contributed by atoms with E-state index in [0.29, 0.717) is 11.6 Å². The molecule has 3 aromatic heterocycles. The van der Waals surface area contributed by atoms with Gasteiger partial charge >= 0.3 is 0 Å². The molecule has 0 unspecified atom stereocenters. The molecule has 3 heterocycles. The topological polar surface area (TPSA) is 98.9 Å². The molecule has 0 atom stereocenters. The van der Waals surface area contributed by atoms with Crippen molar-refractivity contribution in [3.8, 4) is 17.0 Å². The quantitative estimate of drug-likeness (QED) is 0.343. The fraction of sp³-hybridized carbons (Fsp3) is 0.448. The predicted molar refractivity (Wildman–Crippen MR) is 147 cm³/mol. The van der Waals surface area contributed by atoms with E-state index in [4.69, 9.17) is 9.84 Å². The number of amides is 1. The average Bonchev–Trinajstić information content (AvgIpc) is 3.57. The highest BCUT2D eigenvalue weighted by Gasteiger charge is 2.28. The van der Waals surface area contributed by atoms with Crippen LogP contribution in [0.4, 0.5) is 5.82 Å². The number of fused-ring (bicyclic) bond motifs is 1. The normalized spacial score (nSPS) is 19.4. The first-order valence-electron chi connectivity index (χ1n) is 13.7. The van der Waals surface area contributed by atoms with Crippen molar-refractivity contribution in [3.63, 3.8) is 0 Å². The van der Waals surface area contributed by atoms with Crippen LogP contribution < -0.4 is 15.4 Å².